The van der Waals surface area contributed by atoms with Gasteiger partial charge in [0.25, 0.3) is 0 Å². The van der Waals surface area contributed by atoms with Crippen LogP contribution in [0.3, 0.4) is 0 Å². The summed E-state index contributed by atoms with van der Waals surface area (Å²) in [6.07, 6.45) is 5.00. The van der Waals surface area contributed by atoms with E-state index < -0.39 is 5.97 Å². The SMILES string of the molecule is COC(=O)c1cn(-c2ccnc(OC)n2)c(SC)n1. The second-order valence-electron chi connectivity index (χ2n) is 3.38. The lowest BCUT2D eigenvalue weighted by Crippen LogP contribution is -2.02. The van der Waals surface area contributed by atoms with Gasteiger partial charge >= 0.3 is 12.0 Å². The van der Waals surface area contributed by atoms with Crippen LogP contribution < -0.4 is 4.74 Å². The molecule has 0 saturated carbocycles. The lowest BCUT2D eigenvalue weighted by atomic mass is 10.5. The molecule has 0 amide bonds. The normalized spacial score (nSPS) is 10.3. The molecular weight excluding hydrogens is 268 g/mol. The van der Waals surface area contributed by atoms with Crippen molar-refractivity contribution in [2.75, 3.05) is 20.5 Å². The standard InChI is InChI=1S/C11H12N4O3S/c1-17-9(16)7-6-15(11(13-7)19-3)8-4-5-12-10(14-8)18-2/h4-6H,1-3H3. The van der Waals surface area contributed by atoms with E-state index in [1.807, 2.05) is 6.26 Å². The molecule has 2 heterocycles. The number of hydrogen-bond acceptors (Lipinski definition) is 7. The Morgan fingerprint density at radius 1 is 1.37 bits per heavy atom. The number of nitrogens with zero attached hydrogens (tertiary/aromatic N) is 4. The topological polar surface area (TPSA) is 79.1 Å². The second kappa shape index (κ2) is 5.70. The van der Waals surface area contributed by atoms with E-state index in [1.54, 1.807) is 23.0 Å². The van der Waals surface area contributed by atoms with Gasteiger partial charge in [0.2, 0.25) is 0 Å². The second-order valence-corrected chi connectivity index (χ2v) is 4.15. The molecule has 0 aliphatic rings. The molecule has 19 heavy (non-hydrogen) atoms. The third kappa shape index (κ3) is 2.68. The summed E-state index contributed by atoms with van der Waals surface area (Å²) in [5, 5.41) is 0.626. The van der Waals surface area contributed by atoms with E-state index in [2.05, 4.69) is 19.7 Å². The minimum Gasteiger partial charge on any atom is -0.467 e. The van der Waals surface area contributed by atoms with Gasteiger partial charge in [0.05, 0.1) is 14.2 Å². The maximum absolute atomic E-state index is 11.5. The van der Waals surface area contributed by atoms with Gasteiger partial charge < -0.3 is 9.47 Å². The van der Waals surface area contributed by atoms with Crippen LogP contribution in [0.15, 0.2) is 23.6 Å². The van der Waals surface area contributed by atoms with Crippen LogP contribution in [0.25, 0.3) is 5.82 Å². The Bertz CT molecular complexity index is 599. The number of rotatable bonds is 4. The first-order valence-corrected chi connectivity index (χ1v) is 6.51. The molecule has 7 nitrogen and oxygen atoms in total. The van der Waals surface area contributed by atoms with Crippen LogP contribution in [0.5, 0.6) is 6.01 Å². The fourth-order valence-corrected chi connectivity index (χ4v) is 1.97. The summed E-state index contributed by atoms with van der Waals surface area (Å²) in [7, 11) is 2.80. The highest BCUT2D eigenvalue weighted by molar-refractivity contribution is 7.98. The Labute approximate surface area is 114 Å². The molecule has 0 spiro atoms. The van der Waals surface area contributed by atoms with Crippen LogP contribution in [-0.2, 0) is 4.74 Å². The Morgan fingerprint density at radius 2 is 2.16 bits per heavy atom. The number of ether oxygens (including phenoxy) is 2. The van der Waals surface area contributed by atoms with Crippen molar-refractivity contribution in [2.45, 2.75) is 5.16 Å². The van der Waals surface area contributed by atoms with E-state index in [1.165, 1.54) is 26.0 Å². The molecule has 0 aromatic carbocycles. The van der Waals surface area contributed by atoms with Gasteiger partial charge in [-0.2, -0.15) is 4.98 Å². The summed E-state index contributed by atoms with van der Waals surface area (Å²) >= 11 is 1.40. The van der Waals surface area contributed by atoms with Gasteiger partial charge in [0.1, 0.15) is 5.82 Å². The summed E-state index contributed by atoms with van der Waals surface area (Å²) in [5.41, 5.74) is 0.226. The van der Waals surface area contributed by atoms with Crippen LogP contribution in [0.2, 0.25) is 0 Å². The predicted molar refractivity (Wildman–Crippen MR) is 68.8 cm³/mol. The Morgan fingerprint density at radius 3 is 2.79 bits per heavy atom. The van der Waals surface area contributed by atoms with Gasteiger partial charge in [-0.05, 0) is 6.26 Å². The van der Waals surface area contributed by atoms with Crippen molar-refractivity contribution < 1.29 is 14.3 Å². The zero-order valence-corrected chi connectivity index (χ0v) is 11.5. The molecule has 8 heteroatoms. The van der Waals surface area contributed by atoms with Crippen LogP contribution in [-0.4, -0.2) is 46.0 Å². The number of carbonyl (C=O) groups is 1. The Hall–Kier alpha value is -2.09. The summed E-state index contributed by atoms with van der Waals surface area (Å²) in [6, 6.07) is 1.95. The molecule has 100 valence electrons. The molecule has 2 rings (SSSR count). The fraction of sp³-hybridized carbons (Fsp3) is 0.273. The molecular formula is C11H12N4O3S. The van der Waals surface area contributed by atoms with Gasteiger partial charge in [-0.15, -0.1) is 0 Å². The maximum atomic E-state index is 11.5. The summed E-state index contributed by atoms with van der Waals surface area (Å²) in [6.45, 7) is 0. The summed E-state index contributed by atoms with van der Waals surface area (Å²) in [5.74, 6) is 0.0777. The highest BCUT2D eigenvalue weighted by atomic mass is 32.2. The summed E-state index contributed by atoms with van der Waals surface area (Å²) in [4.78, 5) is 23.8. The van der Waals surface area contributed by atoms with Crippen molar-refractivity contribution in [2.24, 2.45) is 0 Å². The van der Waals surface area contributed by atoms with Crippen molar-refractivity contribution in [1.82, 2.24) is 19.5 Å². The lowest BCUT2D eigenvalue weighted by molar-refractivity contribution is 0.0594. The van der Waals surface area contributed by atoms with Crippen LogP contribution in [0.4, 0.5) is 0 Å². The molecule has 0 saturated heterocycles. The van der Waals surface area contributed by atoms with Crippen molar-refractivity contribution in [3.05, 3.63) is 24.2 Å². The van der Waals surface area contributed by atoms with Crippen molar-refractivity contribution in [3.8, 4) is 11.8 Å². The zero-order chi connectivity index (χ0) is 13.8. The van der Waals surface area contributed by atoms with E-state index in [9.17, 15) is 4.79 Å². The highest BCUT2D eigenvalue weighted by Crippen LogP contribution is 2.20. The van der Waals surface area contributed by atoms with Crippen molar-refractivity contribution in [1.29, 1.82) is 0 Å². The molecule has 0 bridgehead atoms. The van der Waals surface area contributed by atoms with E-state index in [-0.39, 0.29) is 11.7 Å². The number of carbonyl (C=O) groups excluding carboxylic acids is 1. The molecule has 0 radical (unpaired) electrons. The number of esters is 1. The first-order chi connectivity index (χ1) is 9.19. The van der Waals surface area contributed by atoms with E-state index in [0.717, 1.165) is 0 Å². The molecule has 0 fully saturated rings. The first-order valence-electron chi connectivity index (χ1n) is 5.28. The molecule has 0 atom stereocenters. The highest BCUT2D eigenvalue weighted by Gasteiger charge is 2.16. The molecule has 2 aromatic rings. The van der Waals surface area contributed by atoms with Crippen molar-refractivity contribution in [3.63, 3.8) is 0 Å². The minimum absolute atomic E-state index is 0.226. The largest absolute Gasteiger partial charge is 0.467 e. The number of hydrogen-bond donors (Lipinski definition) is 0. The van der Waals surface area contributed by atoms with Crippen molar-refractivity contribution >= 4 is 17.7 Å². The number of imidazole rings is 1. The monoisotopic (exact) mass is 280 g/mol. The third-order valence-corrected chi connectivity index (χ3v) is 2.95. The van der Waals surface area contributed by atoms with E-state index in [4.69, 9.17) is 4.74 Å². The van der Waals surface area contributed by atoms with E-state index in [0.29, 0.717) is 11.0 Å². The third-order valence-electron chi connectivity index (χ3n) is 2.30. The smallest absolute Gasteiger partial charge is 0.358 e. The number of thioether (sulfide) groups is 1. The van der Waals surface area contributed by atoms with Gasteiger partial charge in [-0.3, -0.25) is 4.57 Å². The predicted octanol–water partition coefficient (Wildman–Crippen LogP) is 1.18. The first kappa shape index (κ1) is 13.3. The van der Waals surface area contributed by atoms with Crippen LogP contribution in [0, 0.1) is 0 Å². The van der Waals surface area contributed by atoms with Gasteiger partial charge in [-0.25, -0.2) is 14.8 Å². The molecule has 0 aliphatic heterocycles. The van der Waals surface area contributed by atoms with Crippen LogP contribution in [0.1, 0.15) is 10.5 Å². The van der Waals surface area contributed by atoms with E-state index >= 15 is 0 Å². The maximum Gasteiger partial charge on any atom is 0.358 e. The van der Waals surface area contributed by atoms with Crippen LogP contribution >= 0.6 is 11.8 Å². The van der Waals surface area contributed by atoms with Gasteiger partial charge in [0.15, 0.2) is 10.9 Å². The molecule has 0 aliphatic carbocycles. The molecule has 0 unspecified atom stereocenters. The summed E-state index contributed by atoms with van der Waals surface area (Å²) < 4.78 is 11.3. The Kier molecular flexibility index (Phi) is 4.00. The zero-order valence-electron chi connectivity index (χ0n) is 10.7. The van der Waals surface area contributed by atoms with Gasteiger partial charge in [-0.1, -0.05) is 11.8 Å². The quantitative estimate of drug-likeness (QED) is 0.614. The lowest BCUT2D eigenvalue weighted by Gasteiger charge is -2.05. The number of aromatic nitrogens is 4. The number of methoxy groups -OCH3 is 2. The molecule has 2 aromatic heterocycles. The fourth-order valence-electron chi connectivity index (χ4n) is 1.44. The average Bonchev–Trinajstić information content (AvgIpc) is 2.90. The Balaban J connectivity index is 2.48. The average molecular weight is 280 g/mol. The van der Waals surface area contributed by atoms with Gasteiger partial charge in [0, 0.05) is 18.5 Å². The minimum atomic E-state index is -0.491. The molecule has 0 N–H and O–H groups in total.